The molecule has 3 heterocycles. The number of nitrogens with one attached hydrogen (secondary N) is 2. The number of amides is 3. The second-order valence-corrected chi connectivity index (χ2v) is 8.34. The minimum Gasteiger partial charge on any atom is -0.454 e. The molecule has 2 N–H and O–H groups in total. The van der Waals surface area contributed by atoms with Crippen LogP contribution in [0.3, 0.4) is 0 Å². The normalized spacial score (nSPS) is 19.8. The maximum Gasteiger partial charge on any atom is 0.321 e. The Morgan fingerprint density at radius 2 is 1.79 bits per heavy atom. The Hall–Kier alpha value is -3.75. The summed E-state index contributed by atoms with van der Waals surface area (Å²) in [4.78, 5) is 34.7. The molecule has 5 rings (SSSR count). The Kier molecular flexibility index (Phi) is 5.77. The summed E-state index contributed by atoms with van der Waals surface area (Å²) in [5.41, 5.74) is 2.22. The van der Waals surface area contributed by atoms with Crippen LogP contribution in [0.4, 0.5) is 16.2 Å². The first-order valence-electron chi connectivity index (χ1n) is 11.3. The average Bonchev–Trinajstić information content (AvgIpc) is 3.08. The standard InChI is InChI=1S/C24H27N5O4/c1-28-18-9-5-4-8-17(18)22(29-12-6-2-3-7-13-29)26-21(23(28)30)27-24(31)25-16-10-11-19-20(14-16)33-15-32-19/h4-5,8-11,14,21H,2-3,6-7,12-13,15H2,1H3,(H2,25,27,31). The van der Waals surface area contributed by atoms with Gasteiger partial charge in [-0.1, -0.05) is 25.0 Å². The fourth-order valence-electron chi connectivity index (χ4n) is 4.40. The topological polar surface area (TPSA) is 95.5 Å². The van der Waals surface area contributed by atoms with Crippen LogP contribution in [0.5, 0.6) is 11.5 Å². The number of hydrogen-bond acceptors (Lipinski definition) is 6. The highest BCUT2D eigenvalue weighted by Crippen LogP contribution is 2.34. The van der Waals surface area contributed by atoms with Crippen LogP contribution in [0.1, 0.15) is 31.2 Å². The number of aliphatic imine (C=N–C) groups is 1. The van der Waals surface area contributed by atoms with Gasteiger partial charge < -0.3 is 29.9 Å². The summed E-state index contributed by atoms with van der Waals surface area (Å²) < 4.78 is 10.7. The van der Waals surface area contributed by atoms with Crippen LogP contribution in [0.2, 0.25) is 0 Å². The highest BCUT2D eigenvalue weighted by Gasteiger charge is 2.32. The Labute approximate surface area is 192 Å². The van der Waals surface area contributed by atoms with Crippen molar-refractivity contribution in [2.45, 2.75) is 31.8 Å². The third-order valence-corrected chi connectivity index (χ3v) is 6.13. The molecule has 1 atom stereocenters. The zero-order valence-corrected chi connectivity index (χ0v) is 18.5. The number of fused-ring (bicyclic) bond motifs is 2. The summed E-state index contributed by atoms with van der Waals surface area (Å²) in [6.45, 7) is 1.91. The van der Waals surface area contributed by atoms with Crippen LogP contribution in [0, 0.1) is 0 Å². The number of urea groups is 1. The molecule has 0 radical (unpaired) electrons. The number of nitrogens with zero attached hydrogens (tertiary/aromatic N) is 3. The molecule has 3 amide bonds. The van der Waals surface area contributed by atoms with Gasteiger partial charge >= 0.3 is 6.03 Å². The van der Waals surface area contributed by atoms with Crippen molar-refractivity contribution in [1.29, 1.82) is 0 Å². The SMILES string of the molecule is CN1C(=O)C(NC(=O)Nc2ccc3c(c2)OCO3)N=C(N2CCCCCC2)c2ccccc21. The van der Waals surface area contributed by atoms with Crippen molar-refractivity contribution in [3.63, 3.8) is 0 Å². The van der Waals surface area contributed by atoms with Gasteiger partial charge in [-0.2, -0.15) is 0 Å². The molecular formula is C24H27N5O4. The van der Waals surface area contributed by atoms with Gasteiger partial charge in [-0.15, -0.1) is 0 Å². The van der Waals surface area contributed by atoms with Crippen LogP contribution in [0.25, 0.3) is 0 Å². The van der Waals surface area contributed by atoms with E-state index in [2.05, 4.69) is 15.5 Å². The van der Waals surface area contributed by atoms with Crippen LogP contribution in [-0.2, 0) is 4.79 Å². The van der Waals surface area contributed by atoms with Gasteiger partial charge in [-0.3, -0.25) is 4.79 Å². The number of hydrogen-bond donors (Lipinski definition) is 2. The molecule has 1 saturated heterocycles. The summed E-state index contributed by atoms with van der Waals surface area (Å²) in [6.07, 6.45) is 3.48. The molecule has 2 aromatic carbocycles. The second-order valence-electron chi connectivity index (χ2n) is 8.34. The number of benzodiazepines with no additional fused rings is 1. The van der Waals surface area contributed by atoms with E-state index in [1.165, 1.54) is 12.8 Å². The van der Waals surface area contributed by atoms with E-state index in [0.717, 1.165) is 43.0 Å². The third kappa shape index (κ3) is 4.30. The predicted molar refractivity (Wildman–Crippen MR) is 125 cm³/mol. The number of anilines is 2. The maximum absolute atomic E-state index is 13.3. The first-order valence-corrected chi connectivity index (χ1v) is 11.3. The zero-order chi connectivity index (χ0) is 22.8. The van der Waals surface area contributed by atoms with Gasteiger partial charge in [0.2, 0.25) is 13.0 Å². The minimum atomic E-state index is -1.05. The molecule has 0 aromatic heterocycles. The number of likely N-dealkylation sites (N-methyl/N-ethyl adjacent to an activating group) is 1. The van der Waals surface area contributed by atoms with E-state index in [9.17, 15) is 9.59 Å². The van der Waals surface area contributed by atoms with Crippen molar-refractivity contribution in [2.75, 3.05) is 37.1 Å². The number of ether oxygens (including phenoxy) is 2. The first-order chi connectivity index (χ1) is 16.1. The lowest BCUT2D eigenvalue weighted by atomic mass is 10.1. The number of amidine groups is 1. The molecule has 3 aliphatic rings. The van der Waals surface area contributed by atoms with E-state index in [-0.39, 0.29) is 12.7 Å². The molecule has 1 fully saturated rings. The second kappa shape index (κ2) is 9.01. The van der Waals surface area contributed by atoms with Crippen molar-refractivity contribution in [1.82, 2.24) is 10.2 Å². The monoisotopic (exact) mass is 449 g/mol. The summed E-state index contributed by atoms with van der Waals surface area (Å²) in [5.74, 6) is 1.65. The molecule has 9 nitrogen and oxygen atoms in total. The molecule has 1 unspecified atom stereocenters. The fourth-order valence-corrected chi connectivity index (χ4v) is 4.40. The fraction of sp³-hybridized carbons (Fsp3) is 0.375. The van der Waals surface area contributed by atoms with E-state index in [0.29, 0.717) is 17.2 Å². The molecule has 3 aliphatic heterocycles. The summed E-state index contributed by atoms with van der Waals surface area (Å²) in [5, 5.41) is 5.51. The van der Waals surface area contributed by atoms with Gasteiger partial charge in [0.15, 0.2) is 11.5 Å². The van der Waals surface area contributed by atoms with Gasteiger partial charge in [0, 0.05) is 37.5 Å². The van der Waals surface area contributed by atoms with Gasteiger partial charge in [0.05, 0.1) is 5.69 Å². The molecule has 0 bridgehead atoms. The minimum absolute atomic E-state index is 0.155. The number of rotatable bonds is 2. The molecule has 0 aliphatic carbocycles. The summed E-state index contributed by atoms with van der Waals surface area (Å²) in [6, 6.07) is 12.4. The van der Waals surface area contributed by atoms with E-state index in [1.54, 1.807) is 30.1 Å². The molecule has 0 saturated carbocycles. The molecule has 172 valence electrons. The lowest BCUT2D eigenvalue weighted by molar-refractivity contribution is -0.119. The van der Waals surface area contributed by atoms with Crippen LogP contribution < -0.4 is 25.0 Å². The molecule has 2 aromatic rings. The van der Waals surface area contributed by atoms with Crippen molar-refractivity contribution < 1.29 is 19.1 Å². The van der Waals surface area contributed by atoms with Crippen molar-refractivity contribution >= 4 is 29.1 Å². The van der Waals surface area contributed by atoms with Gasteiger partial charge in [-0.25, -0.2) is 9.79 Å². The van der Waals surface area contributed by atoms with Crippen molar-refractivity contribution in [3.8, 4) is 11.5 Å². The molecule has 0 spiro atoms. The Balaban J connectivity index is 1.41. The maximum atomic E-state index is 13.3. The van der Waals surface area contributed by atoms with Crippen molar-refractivity contribution in [3.05, 3.63) is 48.0 Å². The van der Waals surface area contributed by atoms with Gasteiger partial charge in [0.25, 0.3) is 5.91 Å². The lowest BCUT2D eigenvalue weighted by Gasteiger charge is -2.25. The first kappa shape index (κ1) is 21.1. The average molecular weight is 450 g/mol. The van der Waals surface area contributed by atoms with E-state index in [4.69, 9.17) is 14.5 Å². The summed E-state index contributed by atoms with van der Waals surface area (Å²) >= 11 is 0. The molecular weight excluding hydrogens is 422 g/mol. The van der Waals surface area contributed by atoms with E-state index in [1.807, 2.05) is 24.3 Å². The highest BCUT2D eigenvalue weighted by atomic mass is 16.7. The summed E-state index contributed by atoms with van der Waals surface area (Å²) in [7, 11) is 1.71. The molecule has 9 heteroatoms. The van der Waals surface area contributed by atoms with Crippen LogP contribution in [0.15, 0.2) is 47.5 Å². The van der Waals surface area contributed by atoms with Crippen molar-refractivity contribution in [2.24, 2.45) is 4.99 Å². The Bertz CT molecular complexity index is 1090. The Morgan fingerprint density at radius 1 is 1.03 bits per heavy atom. The third-order valence-electron chi connectivity index (χ3n) is 6.13. The van der Waals surface area contributed by atoms with Gasteiger partial charge in [0.1, 0.15) is 5.84 Å². The largest absolute Gasteiger partial charge is 0.454 e. The number of carbonyl (C=O) groups is 2. The number of para-hydroxylation sites is 1. The van der Waals surface area contributed by atoms with E-state index < -0.39 is 12.2 Å². The quantitative estimate of drug-likeness (QED) is 0.734. The van der Waals surface area contributed by atoms with Gasteiger partial charge in [-0.05, 0) is 37.1 Å². The number of likely N-dealkylation sites (tertiary alicyclic amines) is 1. The lowest BCUT2D eigenvalue weighted by Crippen LogP contribution is -2.47. The predicted octanol–water partition coefficient (Wildman–Crippen LogP) is 3.16. The van der Waals surface area contributed by atoms with Crippen LogP contribution >= 0.6 is 0 Å². The number of carbonyl (C=O) groups excluding carboxylic acids is 2. The smallest absolute Gasteiger partial charge is 0.321 e. The number of benzene rings is 2. The zero-order valence-electron chi connectivity index (χ0n) is 18.5. The Morgan fingerprint density at radius 3 is 2.61 bits per heavy atom. The highest BCUT2D eigenvalue weighted by molar-refractivity contribution is 6.12. The van der Waals surface area contributed by atoms with E-state index >= 15 is 0 Å². The van der Waals surface area contributed by atoms with Crippen LogP contribution in [-0.4, -0.2) is 55.8 Å². The molecule has 33 heavy (non-hydrogen) atoms.